The van der Waals surface area contributed by atoms with Gasteiger partial charge in [0.15, 0.2) is 10.8 Å². The van der Waals surface area contributed by atoms with Gasteiger partial charge in [-0.15, -0.1) is 0 Å². The van der Waals surface area contributed by atoms with Crippen LogP contribution in [-0.4, -0.2) is 30.5 Å². The lowest BCUT2D eigenvalue weighted by molar-refractivity contribution is -0.121. The molecule has 0 atom stereocenters. The summed E-state index contributed by atoms with van der Waals surface area (Å²) in [7, 11) is -4.43. The van der Waals surface area contributed by atoms with E-state index in [0.717, 1.165) is 4.40 Å². The number of hydrogen-bond donors (Lipinski definition) is 3. The van der Waals surface area contributed by atoms with Gasteiger partial charge in [0.1, 0.15) is 12.2 Å². The molecule has 0 saturated heterocycles. The summed E-state index contributed by atoms with van der Waals surface area (Å²) < 4.78 is 62.9. The van der Waals surface area contributed by atoms with Crippen molar-refractivity contribution in [3.05, 3.63) is 24.4 Å². The van der Waals surface area contributed by atoms with Crippen LogP contribution in [0.15, 0.2) is 29.4 Å². The second-order valence-electron chi connectivity index (χ2n) is 3.78. The van der Waals surface area contributed by atoms with E-state index in [2.05, 4.69) is 10.4 Å². The van der Waals surface area contributed by atoms with Gasteiger partial charge in [-0.3, -0.25) is 4.40 Å². The number of halogens is 3. The summed E-state index contributed by atoms with van der Waals surface area (Å²) in [6, 6.07) is 4.60. The lowest BCUT2D eigenvalue weighted by Crippen LogP contribution is -2.34. The highest BCUT2D eigenvalue weighted by Crippen LogP contribution is 2.22. The van der Waals surface area contributed by atoms with Crippen LogP contribution < -0.4 is 16.0 Å². The van der Waals surface area contributed by atoms with Gasteiger partial charge in [0, 0.05) is 6.20 Å². The van der Waals surface area contributed by atoms with E-state index >= 15 is 0 Å². The van der Waals surface area contributed by atoms with E-state index in [1.807, 2.05) is 0 Å². The second-order valence-corrected chi connectivity index (χ2v) is 5.46. The molecular weight excluding hydrogens is 299 g/mol. The van der Waals surface area contributed by atoms with Crippen molar-refractivity contribution in [2.45, 2.75) is 11.2 Å². The Bertz CT molecular complexity index is 725. The Morgan fingerprint density at radius 2 is 2.05 bits per heavy atom. The normalized spacial score (nSPS) is 12.8. The van der Waals surface area contributed by atoms with Gasteiger partial charge in [0.05, 0.1) is 0 Å². The fourth-order valence-corrected chi connectivity index (χ4v) is 2.83. The number of pyridine rings is 1. The molecule has 2 heterocycles. The van der Waals surface area contributed by atoms with Gasteiger partial charge < -0.3 is 5.43 Å². The van der Waals surface area contributed by atoms with Crippen LogP contribution in [0, 0.1) is 0 Å². The Morgan fingerprint density at radius 1 is 1.35 bits per heavy atom. The van der Waals surface area contributed by atoms with E-state index in [-0.39, 0.29) is 11.5 Å². The van der Waals surface area contributed by atoms with Crippen molar-refractivity contribution < 1.29 is 21.6 Å². The third-order valence-electron chi connectivity index (χ3n) is 2.34. The summed E-state index contributed by atoms with van der Waals surface area (Å²) >= 11 is 0. The van der Waals surface area contributed by atoms with Crippen molar-refractivity contribution in [3.8, 4) is 0 Å². The Balaban J connectivity index is 2.50. The molecule has 0 fully saturated rings. The van der Waals surface area contributed by atoms with Gasteiger partial charge in [-0.2, -0.15) is 13.2 Å². The van der Waals surface area contributed by atoms with Crippen molar-refractivity contribution in [2.75, 3.05) is 12.0 Å². The summed E-state index contributed by atoms with van der Waals surface area (Å²) in [5.74, 6) is 4.91. The highest BCUT2D eigenvalue weighted by molar-refractivity contribution is 7.89. The SMILES string of the molecule is NNc1nc2ccccn2c1S(=O)(=O)NCC(F)(F)F. The molecule has 11 heteroatoms. The van der Waals surface area contributed by atoms with Crippen LogP contribution in [0.2, 0.25) is 0 Å². The molecule has 0 saturated carbocycles. The quantitative estimate of drug-likeness (QED) is 0.562. The maximum Gasteiger partial charge on any atom is 0.402 e. The molecule has 0 unspecified atom stereocenters. The van der Waals surface area contributed by atoms with Crippen LogP contribution in [0.1, 0.15) is 0 Å². The zero-order valence-corrected chi connectivity index (χ0v) is 10.7. The number of anilines is 1. The number of nitrogen functional groups attached to an aromatic ring is 1. The number of alkyl halides is 3. The number of sulfonamides is 1. The van der Waals surface area contributed by atoms with E-state index in [1.165, 1.54) is 23.1 Å². The van der Waals surface area contributed by atoms with E-state index in [1.54, 1.807) is 6.07 Å². The number of aromatic nitrogens is 2. The van der Waals surface area contributed by atoms with Crippen LogP contribution in [0.5, 0.6) is 0 Å². The third kappa shape index (κ3) is 2.84. The van der Waals surface area contributed by atoms with E-state index in [4.69, 9.17) is 5.84 Å². The van der Waals surface area contributed by atoms with Crippen LogP contribution in [0.4, 0.5) is 19.0 Å². The summed E-state index contributed by atoms with van der Waals surface area (Å²) in [5, 5.41) is -0.486. The number of hydrazine groups is 1. The molecule has 2 aromatic rings. The topological polar surface area (TPSA) is 102 Å². The molecule has 0 spiro atoms. The van der Waals surface area contributed by atoms with Crippen LogP contribution in [0.25, 0.3) is 5.65 Å². The second kappa shape index (κ2) is 4.92. The fourth-order valence-electron chi connectivity index (χ4n) is 1.57. The van der Waals surface area contributed by atoms with Gasteiger partial charge in [0.2, 0.25) is 0 Å². The lowest BCUT2D eigenvalue weighted by Gasteiger charge is -2.10. The van der Waals surface area contributed by atoms with Gasteiger partial charge in [0.25, 0.3) is 10.0 Å². The van der Waals surface area contributed by atoms with E-state index < -0.39 is 27.8 Å². The first-order valence-electron chi connectivity index (χ1n) is 5.25. The molecule has 0 amide bonds. The van der Waals surface area contributed by atoms with Crippen LogP contribution in [0.3, 0.4) is 0 Å². The Morgan fingerprint density at radius 3 is 2.65 bits per heavy atom. The minimum atomic E-state index is -4.66. The average molecular weight is 309 g/mol. The molecule has 2 rings (SSSR count). The van der Waals surface area contributed by atoms with Crippen molar-refractivity contribution >= 4 is 21.5 Å². The van der Waals surface area contributed by atoms with Crippen LogP contribution >= 0.6 is 0 Å². The number of nitrogens with one attached hydrogen (secondary N) is 2. The van der Waals surface area contributed by atoms with Crippen LogP contribution in [-0.2, 0) is 10.0 Å². The molecule has 7 nitrogen and oxygen atoms in total. The van der Waals surface area contributed by atoms with E-state index in [9.17, 15) is 21.6 Å². The zero-order chi connectivity index (χ0) is 15.0. The Labute approximate surface area is 111 Å². The smallest absolute Gasteiger partial charge is 0.306 e. The fraction of sp³-hybridized carbons (Fsp3) is 0.222. The minimum Gasteiger partial charge on any atom is -0.306 e. The standard InChI is InChI=1S/C9H10F3N5O2S/c10-9(11,12)5-14-20(18,19)8-7(16-13)15-6-3-1-2-4-17(6)8/h1-4,14,16H,5,13H2. The van der Waals surface area contributed by atoms with Gasteiger partial charge in [-0.1, -0.05) is 6.07 Å². The summed E-state index contributed by atoms with van der Waals surface area (Å²) in [6.07, 6.45) is -3.31. The third-order valence-corrected chi connectivity index (χ3v) is 3.76. The van der Waals surface area contributed by atoms with Crippen molar-refractivity contribution in [1.29, 1.82) is 0 Å². The number of fused-ring (bicyclic) bond motifs is 1. The monoisotopic (exact) mass is 309 g/mol. The maximum atomic E-state index is 12.1. The first kappa shape index (κ1) is 14.6. The lowest BCUT2D eigenvalue weighted by atomic mass is 10.5. The molecule has 0 aromatic carbocycles. The molecule has 0 bridgehead atoms. The number of hydrogen-bond acceptors (Lipinski definition) is 5. The van der Waals surface area contributed by atoms with Crippen molar-refractivity contribution in [2.24, 2.45) is 5.84 Å². The summed E-state index contributed by atoms with van der Waals surface area (Å²) in [5.41, 5.74) is 2.29. The molecule has 0 radical (unpaired) electrons. The zero-order valence-electron chi connectivity index (χ0n) is 9.85. The van der Waals surface area contributed by atoms with E-state index in [0.29, 0.717) is 0 Å². The summed E-state index contributed by atoms with van der Waals surface area (Å²) in [4.78, 5) is 3.87. The number of nitrogens with zero attached hydrogens (tertiary/aromatic N) is 2. The first-order valence-corrected chi connectivity index (χ1v) is 6.73. The molecular formula is C9H10F3N5O2S. The average Bonchev–Trinajstić information content (AvgIpc) is 2.75. The highest BCUT2D eigenvalue weighted by atomic mass is 32.2. The molecule has 110 valence electrons. The molecule has 2 aromatic heterocycles. The molecule has 4 N–H and O–H groups in total. The van der Waals surface area contributed by atoms with Crippen molar-refractivity contribution in [3.63, 3.8) is 0 Å². The molecule has 0 aliphatic rings. The minimum absolute atomic E-state index is 0.229. The molecule has 20 heavy (non-hydrogen) atoms. The van der Waals surface area contributed by atoms with Gasteiger partial charge in [-0.25, -0.2) is 24.0 Å². The Kier molecular flexibility index (Phi) is 3.58. The Hall–Kier alpha value is -1.85. The predicted octanol–water partition coefficient (Wildman–Crippen LogP) is 0.461. The highest BCUT2D eigenvalue weighted by Gasteiger charge is 2.32. The molecule has 0 aliphatic carbocycles. The molecule has 0 aliphatic heterocycles. The predicted molar refractivity (Wildman–Crippen MR) is 64.2 cm³/mol. The number of nitrogens with two attached hydrogens (primary N) is 1. The first-order chi connectivity index (χ1) is 9.24. The maximum absolute atomic E-state index is 12.1. The van der Waals surface area contributed by atoms with Gasteiger partial charge >= 0.3 is 6.18 Å². The summed E-state index contributed by atoms with van der Waals surface area (Å²) in [6.45, 7) is -1.68. The number of rotatable bonds is 4. The van der Waals surface area contributed by atoms with Crippen molar-refractivity contribution in [1.82, 2.24) is 14.1 Å². The van der Waals surface area contributed by atoms with Gasteiger partial charge in [-0.05, 0) is 12.1 Å². The largest absolute Gasteiger partial charge is 0.402 e. The number of imidazole rings is 1.